The van der Waals surface area contributed by atoms with Crippen LogP contribution in [0.2, 0.25) is 0 Å². The molecule has 0 amide bonds. The maximum absolute atomic E-state index is 4.33. The topological polar surface area (TPSA) is 15.3 Å². The summed E-state index contributed by atoms with van der Waals surface area (Å²) in [7, 11) is 0. The van der Waals surface area contributed by atoms with Gasteiger partial charge < -0.3 is 5.32 Å². The van der Waals surface area contributed by atoms with Crippen molar-refractivity contribution in [3.05, 3.63) is 0 Å². The summed E-state index contributed by atoms with van der Waals surface area (Å²) < 4.78 is 2.09. The second-order valence-corrected chi connectivity index (χ2v) is 4.11. The molecule has 0 bridgehead atoms. The minimum Gasteiger partial charge on any atom is -0.312 e. The molecule has 3 heteroatoms. The summed E-state index contributed by atoms with van der Waals surface area (Å²) >= 11 is 4.33. The Labute approximate surface area is 74.9 Å². The first kappa shape index (κ1) is 9.36. The maximum Gasteiger partial charge on any atom is 0.0212 e. The van der Waals surface area contributed by atoms with Crippen LogP contribution in [0.3, 0.4) is 0 Å². The van der Waals surface area contributed by atoms with E-state index in [2.05, 4.69) is 36.3 Å². The van der Waals surface area contributed by atoms with E-state index in [1.165, 1.54) is 6.42 Å². The molecule has 1 aliphatic heterocycles. The fraction of sp³-hybridized carbons (Fsp3) is 1.00. The van der Waals surface area contributed by atoms with Crippen LogP contribution in [0.1, 0.15) is 20.3 Å². The van der Waals surface area contributed by atoms with Gasteiger partial charge in [0.15, 0.2) is 0 Å². The van der Waals surface area contributed by atoms with E-state index >= 15 is 0 Å². The molecule has 0 aliphatic carbocycles. The summed E-state index contributed by atoms with van der Waals surface area (Å²) in [5, 5.41) is 3.52. The van der Waals surface area contributed by atoms with E-state index in [4.69, 9.17) is 0 Å². The first-order chi connectivity index (χ1) is 5.20. The average Bonchev–Trinajstić information content (AvgIpc) is 2.13. The molecule has 1 saturated heterocycles. The van der Waals surface area contributed by atoms with Gasteiger partial charge in [-0.25, -0.2) is 0 Å². The molecule has 0 saturated carbocycles. The van der Waals surface area contributed by atoms with Gasteiger partial charge in [0.05, 0.1) is 0 Å². The molecule has 1 rings (SSSR count). The van der Waals surface area contributed by atoms with E-state index in [9.17, 15) is 0 Å². The van der Waals surface area contributed by atoms with E-state index in [0.717, 1.165) is 25.6 Å². The lowest BCUT2D eigenvalue weighted by Gasteiger charge is -2.19. The number of hydrogen-bond acceptors (Lipinski definition) is 3. The number of rotatable bonds is 1. The Morgan fingerprint density at radius 3 is 2.82 bits per heavy atom. The second-order valence-electron chi connectivity index (χ2n) is 3.55. The van der Waals surface area contributed by atoms with Crippen LogP contribution in [-0.4, -0.2) is 30.0 Å². The molecule has 0 radical (unpaired) electrons. The summed E-state index contributed by atoms with van der Waals surface area (Å²) in [6, 6.07) is 0.687. The van der Waals surface area contributed by atoms with Crippen molar-refractivity contribution < 1.29 is 0 Å². The van der Waals surface area contributed by atoms with Crippen LogP contribution in [-0.2, 0) is 0 Å². The maximum atomic E-state index is 4.33. The van der Waals surface area contributed by atoms with Gasteiger partial charge in [-0.2, -0.15) is 0 Å². The fourth-order valence-corrected chi connectivity index (χ4v) is 1.67. The van der Waals surface area contributed by atoms with Crippen LogP contribution in [0.15, 0.2) is 0 Å². The van der Waals surface area contributed by atoms with E-state index < -0.39 is 0 Å². The third-order valence-electron chi connectivity index (χ3n) is 2.28. The zero-order valence-electron chi connectivity index (χ0n) is 7.38. The molecule has 0 spiro atoms. The Morgan fingerprint density at radius 2 is 2.18 bits per heavy atom. The van der Waals surface area contributed by atoms with Crippen LogP contribution >= 0.6 is 12.8 Å². The predicted molar refractivity (Wildman–Crippen MR) is 51.8 cm³/mol. The quantitative estimate of drug-likeness (QED) is 0.580. The van der Waals surface area contributed by atoms with Crippen LogP contribution in [0.25, 0.3) is 0 Å². The zero-order chi connectivity index (χ0) is 8.27. The molecule has 1 N–H and O–H groups in total. The van der Waals surface area contributed by atoms with Crippen molar-refractivity contribution in [1.82, 2.24) is 9.62 Å². The zero-order valence-corrected chi connectivity index (χ0v) is 8.27. The summed E-state index contributed by atoms with van der Waals surface area (Å²) in [6.07, 6.45) is 1.22. The van der Waals surface area contributed by atoms with Crippen molar-refractivity contribution in [2.24, 2.45) is 5.92 Å². The van der Waals surface area contributed by atoms with Gasteiger partial charge in [0.1, 0.15) is 0 Å². The van der Waals surface area contributed by atoms with Gasteiger partial charge in [-0.05, 0) is 12.3 Å². The summed E-state index contributed by atoms with van der Waals surface area (Å²) in [5.41, 5.74) is 0. The standard InChI is InChI=1S/C8H18N2S/c1-7(2)8-3-5-10(11)6-4-9-8/h7-9,11H,3-6H2,1-2H3. The van der Waals surface area contributed by atoms with Gasteiger partial charge in [-0.1, -0.05) is 26.7 Å². The van der Waals surface area contributed by atoms with E-state index in [-0.39, 0.29) is 0 Å². The molecule has 0 aromatic heterocycles. The third-order valence-corrected chi connectivity index (χ3v) is 2.68. The third kappa shape index (κ3) is 3.01. The highest BCUT2D eigenvalue weighted by atomic mass is 32.1. The molecular weight excluding hydrogens is 156 g/mol. The average molecular weight is 174 g/mol. The minimum absolute atomic E-state index is 0.687. The molecule has 66 valence electrons. The Morgan fingerprint density at radius 1 is 1.45 bits per heavy atom. The van der Waals surface area contributed by atoms with Gasteiger partial charge >= 0.3 is 0 Å². The smallest absolute Gasteiger partial charge is 0.0212 e. The van der Waals surface area contributed by atoms with Crippen LogP contribution in [0, 0.1) is 5.92 Å². The molecule has 0 aromatic rings. The highest BCUT2D eigenvalue weighted by Gasteiger charge is 2.16. The SMILES string of the molecule is CC(C)C1CCN(S)CCN1. The van der Waals surface area contributed by atoms with Crippen molar-refractivity contribution in [1.29, 1.82) is 0 Å². The molecule has 0 aromatic carbocycles. The number of thiol groups is 1. The summed E-state index contributed by atoms with van der Waals surface area (Å²) in [4.78, 5) is 0. The van der Waals surface area contributed by atoms with Gasteiger partial charge in [-0.3, -0.25) is 4.31 Å². The molecule has 1 fully saturated rings. The number of hydrogen-bond donors (Lipinski definition) is 2. The van der Waals surface area contributed by atoms with E-state index in [1.807, 2.05) is 0 Å². The van der Waals surface area contributed by atoms with Crippen molar-refractivity contribution in [2.75, 3.05) is 19.6 Å². The minimum atomic E-state index is 0.687. The van der Waals surface area contributed by atoms with E-state index in [1.54, 1.807) is 0 Å². The van der Waals surface area contributed by atoms with Crippen LogP contribution in [0.4, 0.5) is 0 Å². The Kier molecular flexibility index (Phi) is 3.69. The van der Waals surface area contributed by atoms with E-state index in [0.29, 0.717) is 6.04 Å². The highest BCUT2D eigenvalue weighted by Crippen LogP contribution is 2.10. The first-order valence-corrected chi connectivity index (χ1v) is 4.77. The Hall–Kier alpha value is 0.270. The Bertz CT molecular complexity index is 117. The largest absolute Gasteiger partial charge is 0.312 e. The lowest BCUT2D eigenvalue weighted by molar-refractivity contribution is 0.397. The molecule has 1 atom stereocenters. The number of nitrogens with zero attached hydrogens (tertiary/aromatic N) is 1. The Balaban J connectivity index is 2.34. The van der Waals surface area contributed by atoms with Crippen LogP contribution in [0.5, 0.6) is 0 Å². The van der Waals surface area contributed by atoms with Gasteiger partial charge in [-0.15, -0.1) is 0 Å². The summed E-state index contributed by atoms with van der Waals surface area (Å²) in [5.74, 6) is 0.745. The summed E-state index contributed by atoms with van der Waals surface area (Å²) in [6.45, 7) is 7.79. The predicted octanol–water partition coefficient (Wildman–Crippen LogP) is 1.15. The normalized spacial score (nSPS) is 28.9. The molecule has 1 aliphatic rings. The highest BCUT2D eigenvalue weighted by molar-refractivity contribution is 7.77. The fourth-order valence-electron chi connectivity index (χ4n) is 1.45. The van der Waals surface area contributed by atoms with Crippen molar-refractivity contribution in [3.8, 4) is 0 Å². The lowest BCUT2D eigenvalue weighted by Crippen LogP contribution is -2.33. The molecule has 2 nitrogen and oxygen atoms in total. The van der Waals surface area contributed by atoms with Crippen molar-refractivity contribution in [2.45, 2.75) is 26.3 Å². The van der Waals surface area contributed by atoms with Gasteiger partial charge in [0, 0.05) is 25.7 Å². The van der Waals surface area contributed by atoms with Crippen LogP contribution < -0.4 is 5.32 Å². The van der Waals surface area contributed by atoms with Crippen molar-refractivity contribution in [3.63, 3.8) is 0 Å². The van der Waals surface area contributed by atoms with Crippen molar-refractivity contribution >= 4 is 12.8 Å². The lowest BCUT2D eigenvalue weighted by atomic mass is 10.0. The monoisotopic (exact) mass is 174 g/mol. The van der Waals surface area contributed by atoms with Gasteiger partial charge in [0.25, 0.3) is 0 Å². The van der Waals surface area contributed by atoms with Gasteiger partial charge in [0.2, 0.25) is 0 Å². The molecular formula is C8H18N2S. The second kappa shape index (κ2) is 4.33. The first-order valence-electron chi connectivity index (χ1n) is 4.37. The molecule has 11 heavy (non-hydrogen) atoms. The number of nitrogens with one attached hydrogen (secondary N) is 1. The molecule has 1 heterocycles. The molecule has 1 unspecified atom stereocenters.